The summed E-state index contributed by atoms with van der Waals surface area (Å²) >= 11 is 0. The standard InChI is InChI=1S/C17H20F2N2O3/c18-13-5-14(19)7-15(6-13)21-9-12(4-16(21)23)17(24)20-3-1-2-11(8-20)10-22/h5-7,11-12,22H,1-4,8-10H2. The van der Waals surface area contributed by atoms with Crippen molar-refractivity contribution in [1.82, 2.24) is 4.90 Å². The van der Waals surface area contributed by atoms with Crippen LogP contribution in [-0.4, -0.2) is 48.1 Å². The Bertz CT molecular complexity index is 632. The highest BCUT2D eigenvalue weighted by Crippen LogP contribution is 2.28. The number of nitrogens with zero attached hydrogens (tertiary/aromatic N) is 2. The average molecular weight is 338 g/mol. The van der Waals surface area contributed by atoms with Crippen molar-refractivity contribution < 1.29 is 23.5 Å². The molecular formula is C17H20F2N2O3. The fraction of sp³-hybridized carbons (Fsp3) is 0.529. The van der Waals surface area contributed by atoms with E-state index in [1.54, 1.807) is 4.90 Å². The van der Waals surface area contributed by atoms with Gasteiger partial charge in [-0.15, -0.1) is 0 Å². The number of aliphatic hydroxyl groups excluding tert-OH is 1. The molecule has 24 heavy (non-hydrogen) atoms. The minimum absolute atomic E-state index is 0.0389. The molecule has 2 heterocycles. The number of benzene rings is 1. The number of amides is 2. The Morgan fingerprint density at radius 2 is 1.92 bits per heavy atom. The van der Waals surface area contributed by atoms with Gasteiger partial charge in [0, 0.05) is 44.4 Å². The molecule has 1 aromatic rings. The molecule has 0 spiro atoms. The lowest BCUT2D eigenvalue weighted by Gasteiger charge is -2.33. The van der Waals surface area contributed by atoms with Crippen molar-refractivity contribution in [3.05, 3.63) is 29.8 Å². The van der Waals surface area contributed by atoms with E-state index in [0.29, 0.717) is 13.1 Å². The highest BCUT2D eigenvalue weighted by atomic mass is 19.1. The van der Waals surface area contributed by atoms with Gasteiger partial charge in [-0.05, 0) is 30.9 Å². The van der Waals surface area contributed by atoms with Gasteiger partial charge in [-0.2, -0.15) is 0 Å². The summed E-state index contributed by atoms with van der Waals surface area (Å²) in [5, 5.41) is 9.27. The van der Waals surface area contributed by atoms with E-state index in [9.17, 15) is 23.5 Å². The SMILES string of the molecule is O=C(C1CC(=O)N(c2cc(F)cc(F)c2)C1)N1CCCC(CO)C1. The third-order valence-corrected chi connectivity index (χ3v) is 4.72. The van der Waals surface area contributed by atoms with E-state index >= 15 is 0 Å². The fourth-order valence-corrected chi connectivity index (χ4v) is 3.49. The van der Waals surface area contributed by atoms with Crippen molar-refractivity contribution in [3.63, 3.8) is 0 Å². The zero-order valence-corrected chi connectivity index (χ0v) is 13.3. The van der Waals surface area contributed by atoms with E-state index in [0.717, 1.165) is 31.0 Å². The van der Waals surface area contributed by atoms with Crippen molar-refractivity contribution in [2.45, 2.75) is 19.3 Å². The molecule has 2 unspecified atom stereocenters. The van der Waals surface area contributed by atoms with Crippen molar-refractivity contribution in [2.75, 3.05) is 31.1 Å². The van der Waals surface area contributed by atoms with Crippen LogP contribution in [0.3, 0.4) is 0 Å². The van der Waals surface area contributed by atoms with Crippen LogP contribution in [0.1, 0.15) is 19.3 Å². The molecule has 1 N–H and O–H groups in total. The first kappa shape index (κ1) is 16.8. The first-order valence-corrected chi connectivity index (χ1v) is 8.14. The van der Waals surface area contributed by atoms with Crippen LogP contribution < -0.4 is 4.90 Å². The summed E-state index contributed by atoms with van der Waals surface area (Å²) in [7, 11) is 0. The zero-order chi connectivity index (χ0) is 17.3. The molecule has 2 aliphatic rings. The molecule has 2 amide bonds. The Kier molecular flexibility index (Phi) is 4.80. The highest BCUT2D eigenvalue weighted by molar-refractivity contribution is 6.00. The van der Waals surface area contributed by atoms with Crippen LogP contribution in [0, 0.1) is 23.5 Å². The van der Waals surface area contributed by atoms with Gasteiger partial charge in [0.25, 0.3) is 0 Å². The predicted molar refractivity (Wildman–Crippen MR) is 83.2 cm³/mol. The number of carbonyl (C=O) groups is 2. The third kappa shape index (κ3) is 3.40. The molecule has 0 radical (unpaired) electrons. The van der Waals surface area contributed by atoms with Crippen LogP contribution in [0.5, 0.6) is 0 Å². The van der Waals surface area contributed by atoms with Crippen molar-refractivity contribution in [1.29, 1.82) is 0 Å². The van der Waals surface area contributed by atoms with E-state index in [-0.39, 0.29) is 43.0 Å². The molecule has 2 fully saturated rings. The molecule has 0 aromatic heterocycles. The van der Waals surface area contributed by atoms with E-state index in [1.165, 1.54) is 4.90 Å². The molecular weight excluding hydrogens is 318 g/mol. The van der Waals surface area contributed by atoms with Crippen molar-refractivity contribution in [2.24, 2.45) is 11.8 Å². The van der Waals surface area contributed by atoms with Crippen LogP contribution in [0.2, 0.25) is 0 Å². The molecule has 0 bridgehead atoms. The van der Waals surface area contributed by atoms with Crippen LogP contribution in [0.15, 0.2) is 18.2 Å². The average Bonchev–Trinajstić information content (AvgIpc) is 2.95. The summed E-state index contributed by atoms with van der Waals surface area (Å²) in [4.78, 5) is 27.8. The first-order valence-electron chi connectivity index (χ1n) is 8.14. The van der Waals surface area contributed by atoms with Gasteiger partial charge in [0.1, 0.15) is 11.6 Å². The molecule has 2 atom stereocenters. The number of rotatable bonds is 3. The van der Waals surface area contributed by atoms with E-state index < -0.39 is 17.6 Å². The first-order chi connectivity index (χ1) is 11.5. The number of likely N-dealkylation sites (tertiary alicyclic amines) is 1. The Hall–Kier alpha value is -2.02. The van der Waals surface area contributed by atoms with Gasteiger partial charge in [-0.25, -0.2) is 8.78 Å². The van der Waals surface area contributed by atoms with Gasteiger partial charge in [-0.3, -0.25) is 9.59 Å². The van der Waals surface area contributed by atoms with Gasteiger partial charge in [0.2, 0.25) is 11.8 Å². The third-order valence-electron chi connectivity index (χ3n) is 4.72. The summed E-state index contributed by atoms with van der Waals surface area (Å²) in [6, 6.07) is 2.93. The maximum absolute atomic E-state index is 13.4. The summed E-state index contributed by atoms with van der Waals surface area (Å²) in [6.45, 7) is 1.28. The Morgan fingerprint density at radius 1 is 1.21 bits per heavy atom. The van der Waals surface area contributed by atoms with Gasteiger partial charge in [-0.1, -0.05) is 0 Å². The maximum Gasteiger partial charge on any atom is 0.228 e. The molecule has 0 saturated carbocycles. The number of hydrogen-bond acceptors (Lipinski definition) is 3. The Labute approximate surface area is 138 Å². The van der Waals surface area contributed by atoms with Crippen LogP contribution in [0.4, 0.5) is 14.5 Å². The monoisotopic (exact) mass is 338 g/mol. The number of hydrogen-bond donors (Lipinski definition) is 1. The van der Waals surface area contributed by atoms with E-state index in [2.05, 4.69) is 0 Å². The molecule has 130 valence electrons. The molecule has 7 heteroatoms. The number of anilines is 1. The number of aliphatic hydroxyl groups is 1. The van der Waals surface area contributed by atoms with Crippen LogP contribution in [-0.2, 0) is 9.59 Å². The van der Waals surface area contributed by atoms with Crippen LogP contribution >= 0.6 is 0 Å². The van der Waals surface area contributed by atoms with E-state index in [4.69, 9.17) is 0 Å². The molecule has 3 rings (SSSR count). The summed E-state index contributed by atoms with van der Waals surface area (Å²) in [5.41, 5.74) is 0.139. The maximum atomic E-state index is 13.4. The molecule has 1 aromatic carbocycles. The second-order valence-electron chi connectivity index (χ2n) is 6.51. The Morgan fingerprint density at radius 3 is 2.58 bits per heavy atom. The van der Waals surface area contributed by atoms with Crippen LogP contribution in [0.25, 0.3) is 0 Å². The number of carbonyl (C=O) groups excluding carboxylic acids is 2. The van der Waals surface area contributed by atoms with Crippen molar-refractivity contribution >= 4 is 17.5 Å². The molecule has 2 aliphatic heterocycles. The second-order valence-corrected chi connectivity index (χ2v) is 6.51. The molecule has 0 aliphatic carbocycles. The largest absolute Gasteiger partial charge is 0.396 e. The molecule has 5 nitrogen and oxygen atoms in total. The lowest BCUT2D eigenvalue weighted by molar-refractivity contribution is -0.137. The smallest absolute Gasteiger partial charge is 0.228 e. The van der Waals surface area contributed by atoms with Gasteiger partial charge in [0.15, 0.2) is 0 Å². The lowest BCUT2D eigenvalue weighted by atomic mass is 9.97. The van der Waals surface area contributed by atoms with E-state index in [1.807, 2.05) is 0 Å². The van der Waals surface area contributed by atoms with Gasteiger partial charge in [0.05, 0.1) is 5.92 Å². The minimum atomic E-state index is -0.755. The molecule has 2 saturated heterocycles. The minimum Gasteiger partial charge on any atom is -0.396 e. The second kappa shape index (κ2) is 6.84. The summed E-state index contributed by atoms with van der Waals surface area (Å²) in [5.74, 6) is -2.38. The predicted octanol–water partition coefficient (Wildman–Crippen LogP) is 1.55. The fourth-order valence-electron chi connectivity index (χ4n) is 3.49. The highest BCUT2D eigenvalue weighted by Gasteiger charge is 2.38. The Balaban J connectivity index is 1.71. The number of halogens is 2. The normalized spacial score (nSPS) is 24.5. The van der Waals surface area contributed by atoms with Gasteiger partial charge >= 0.3 is 0 Å². The van der Waals surface area contributed by atoms with Gasteiger partial charge < -0.3 is 14.9 Å². The topological polar surface area (TPSA) is 60.9 Å². The summed E-state index contributed by atoms with van der Waals surface area (Å²) in [6.07, 6.45) is 1.76. The quantitative estimate of drug-likeness (QED) is 0.910. The lowest BCUT2D eigenvalue weighted by Crippen LogP contribution is -2.44. The zero-order valence-electron chi connectivity index (χ0n) is 13.3. The summed E-state index contributed by atoms with van der Waals surface area (Å²) < 4.78 is 26.7. The van der Waals surface area contributed by atoms with Crippen molar-refractivity contribution in [3.8, 4) is 0 Å². The number of piperidine rings is 1.